The predicted molar refractivity (Wildman–Crippen MR) is 130 cm³/mol. The molecule has 184 valence electrons. The maximum Gasteiger partial charge on any atom is 0.386 e. The van der Waals surface area contributed by atoms with Gasteiger partial charge in [0.25, 0.3) is 5.91 Å². The summed E-state index contributed by atoms with van der Waals surface area (Å²) in [5.41, 5.74) is -0.181. The Morgan fingerprint density at radius 1 is 0.800 bits per heavy atom. The minimum absolute atomic E-state index is 0.231. The van der Waals surface area contributed by atoms with E-state index in [4.69, 9.17) is 0 Å². The standard InChI is InChI=1S/C14H10O4.C12H14BrF2NO/c15-13(11-7-3-1-4-8-11)17-18-14(16)12-9-5-2-6-10-12;1-12(2,3)16-11(17)9-8(14)5-4-7(6-13)10(9)15/h1-10H;4-5H,6H2,1-3H3,(H,16,17). The summed E-state index contributed by atoms with van der Waals surface area (Å²) in [5, 5.41) is 2.77. The highest BCUT2D eigenvalue weighted by Crippen LogP contribution is 2.20. The van der Waals surface area contributed by atoms with Gasteiger partial charge < -0.3 is 5.32 Å². The van der Waals surface area contributed by atoms with Gasteiger partial charge in [0.2, 0.25) is 0 Å². The average molecular weight is 548 g/mol. The molecule has 0 saturated heterocycles. The van der Waals surface area contributed by atoms with Crippen molar-refractivity contribution in [2.24, 2.45) is 0 Å². The maximum atomic E-state index is 13.8. The van der Waals surface area contributed by atoms with Crippen LogP contribution in [-0.2, 0) is 15.1 Å². The molecule has 0 bridgehead atoms. The predicted octanol–water partition coefficient (Wildman–Crippen LogP) is 6.00. The first kappa shape index (κ1) is 27.7. The third kappa shape index (κ3) is 8.60. The van der Waals surface area contributed by atoms with Crippen molar-refractivity contribution in [3.8, 4) is 0 Å². The number of rotatable bonds is 4. The molecule has 1 amide bonds. The molecule has 0 atom stereocenters. The van der Waals surface area contributed by atoms with E-state index in [2.05, 4.69) is 31.0 Å². The van der Waals surface area contributed by atoms with Crippen LogP contribution in [-0.4, -0.2) is 23.4 Å². The summed E-state index contributed by atoms with van der Waals surface area (Å²) in [5.74, 6) is -3.83. The van der Waals surface area contributed by atoms with E-state index in [1.54, 1.807) is 81.4 Å². The van der Waals surface area contributed by atoms with Crippen molar-refractivity contribution in [3.63, 3.8) is 0 Å². The van der Waals surface area contributed by atoms with E-state index in [9.17, 15) is 23.2 Å². The molecule has 0 fully saturated rings. The Labute approximate surface area is 210 Å². The molecule has 0 aromatic heterocycles. The molecule has 3 aromatic carbocycles. The first-order valence-corrected chi connectivity index (χ1v) is 11.5. The monoisotopic (exact) mass is 547 g/mol. The summed E-state index contributed by atoms with van der Waals surface area (Å²) in [4.78, 5) is 43.6. The lowest BCUT2D eigenvalue weighted by atomic mass is 10.1. The van der Waals surface area contributed by atoms with E-state index in [1.807, 2.05) is 0 Å². The number of nitrogens with one attached hydrogen (secondary N) is 1. The highest BCUT2D eigenvalue weighted by molar-refractivity contribution is 9.08. The summed E-state index contributed by atoms with van der Waals surface area (Å²) >= 11 is 3.08. The number of alkyl halides is 1. The Kier molecular flexibility index (Phi) is 10.1. The van der Waals surface area contributed by atoms with Gasteiger partial charge in [-0.3, -0.25) is 4.79 Å². The highest BCUT2D eigenvalue weighted by Gasteiger charge is 2.23. The number of hydrogen-bond donors (Lipinski definition) is 1. The number of carbonyl (C=O) groups excluding carboxylic acids is 3. The van der Waals surface area contributed by atoms with Crippen LogP contribution in [0.3, 0.4) is 0 Å². The molecule has 0 unspecified atom stereocenters. The molecule has 0 heterocycles. The largest absolute Gasteiger partial charge is 0.386 e. The topological polar surface area (TPSA) is 81.7 Å². The van der Waals surface area contributed by atoms with Gasteiger partial charge in [0, 0.05) is 10.9 Å². The first-order valence-electron chi connectivity index (χ1n) is 10.4. The highest BCUT2D eigenvalue weighted by atomic mass is 79.9. The zero-order valence-corrected chi connectivity index (χ0v) is 20.9. The summed E-state index contributed by atoms with van der Waals surface area (Å²) in [6, 6.07) is 19.0. The van der Waals surface area contributed by atoms with Gasteiger partial charge in [-0.15, -0.1) is 0 Å². The molecule has 0 aliphatic carbocycles. The normalized spacial score (nSPS) is 10.5. The molecule has 3 aromatic rings. The Morgan fingerprint density at radius 3 is 1.66 bits per heavy atom. The molecular weight excluding hydrogens is 524 g/mol. The fourth-order valence-electron chi connectivity index (χ4n) is 2.63. The number of hydrogen-bond acceptors (Lipinski definition) is 5. The van der Waals surface area contributed by atoms with E-state index in [0.717, 1.165) is 6.07 Å². The molecule has 0 spiro atoms. The summed E-state index contributed by atoms with van der Waals surface area (Å²) < 4.78 is 27.3. The molecule has 3 rings (SSSR count). The lowest BCUT2D eigenvalue weighted by Gasteiger charge is -2.21. The van der Waals surface area contributed by atoms with Gasteiger partial charge in [-0.1, -0.05) is 58.4 Å². The van der Waals surface area contributed by atoms with Crippen molar-refractivity contribution in [2.75, 3.05) is 0 Å². The van der Waals surface area contributed by atoms with Crippen molar-refractivity contribution in [3.05, 3.63) is 107 Å². The fourth-order valence-corrected chi connectivity index (χ4v) is 3.06. The second-order valence-corrected chi connectivity index (χ2v) is 8.77. The Hall–Kier alpha value is -3.59. The van der Waals surface area contributed by atoms with Crippen LogP contribution < -0.4 is 5.32 Å². The van der Waals surface area contributed by atoms with Crippen LogP contribution in [0.25, 0.3) is 0 Å². The van der Waals surface area contributed by atoms with Crippen LogP contribution in [0.15, 0.2) is 72.8 Å². The lowest BCUT2D eigenvalue weighted by molar-refractivity contribution is -0.187. The molecule has 6 nitrogen and oxygen atoms in total. The van der Waals surface area contributed by atoms with Gasteiger partial charge in [0.05, 0.1) is 11.1 Å². The van der Waals surface area contributed by atoms with Gasteiger partial charge in [-0.25, -0.2) is 28.1 Å². The Morgan fingerprint density at radius 2 is 1.26 bits per heavy atom. The third-order valence-electron chi connectivity index (χ3n) is 4.24. The average Bonchev–Trinajstić information content (AvgIpc) is 2.83. The van der Waals surface area contributed by atoms with Crippen LogP contribution in [0.1, 0.15) is 57.4 Å². The molecule has 0 radical (unpaired) electrons. The van der Waals surface area contributed by atoms with Crippen LogP contribution in [0.5, 0.6) is 0 Å². The van der Waals surface area contributed by atoms with Crippen molar-refractivity contribution in [1.82, 2.24) is 5.32 Å². The Balaban J connectivity index is 0.000000247. The minimum Gasteiger partial charge on any atom is -0.347 e. The number of carbonyl (C=O) groups is 3. The second kappa shape index (κ2) is 12.8. The number of halogens is 3. The van der Waals surface area contributed by atoms with E-state index < -0.39 is 40.6 Å². The van der Waals surface area contributed by atoms with E-state index in [0.29, 0.717) is 11.1 Å². The summed E-state index contributed by atoms with van der Waals surface area (Å²) in [6.45, 7) is 5.24. The van der Waals surface area contributed by atoms with Crippen LogP contribution >= 0.6 is 15.9 Å². The smallest absolute Gasteiger partial charge is 0.347 e. The van der Waals surface area contributed by atoms with Gasteiger partial charge in [0.1, 0.15) is 17.2 Å². The molecule has 0 aliphatic heterocycles. The van der Waals surface area contributed by atoms with Crippen molar-refractivity contribution < 1.29 is 32.9 Å². The first-order chi connectivity index (χ1) is 16.5. The summed E-state index contributed by atoms with van der Waals surface area (Å²) in [6.07, 6.45) is 0. The molecule has 1 N–H and O–H groups in total. The van der Waals surface area contributed by atoms with Gasteiger partial charge >= 0.3 is 11.9 Å². The molecule has 0 saturated carbocycles. The zero-order chi connectivity index (χ0) is 26.0. The molecule has 9 heteroatoms. The summed E-state index contributed by atoms with van der Waals surface area (Å²) in [7, 11) is 0. The van der Waals surface area contributed by atoms with Gasteiger partial charge in [0.15, 0.2) is 0 Å². The van der Waals surface area contributed by atoms with Crippen molar-refractivity contribution in [2.45, 2.75) is 31.6 Å². The molecular formula is C26H24BrF2NO5. The number of benzene rings is 3. The second-order valence-electron chi connectivity index (χ2n) is 8.21. The maximum absolute atomic E-state index is 13.8. The van der Waals surface area contributed by atoms with Gasteiger partial charge in [-0.2, -0.15) is 0 Å². The fraction of sp³-hybridized carbons (Fsp3) is 0.192. The minimum atomic E-state index is -0.853. The van der Waals surface area contributed by atoms with Crippen LogP contribution in [0.4, 0.5) is 8.78 Å². The Bertz CT molecular complexity index is 1110. The van der Waals surface area contributed by atoms with Gasteiger partial charge in [-0.05, 0) is 56.7 Å². The molecule has 35 heavy (non-hydrogen) atoms. The molecule has 0 aliphatic rings. The van der Waals surface area contributed by atoms with Crippen molar-refractivity contribution in [1.29, 1.82) is 0 Å². The quantitative estimate of drug-likeness (QED) is 0.246. The van der Waals surface area contributed by atoms with E-state index in [1.165, 1.54) is 6.07 Å². The van der Waals surface area contributed by atoms with Crippen LogP contribution in [0.2, 0.25) is 0 Å². The zero-order valence-electron chi connectivity index (χ0n) is 19.3. The van der Waals surface area contributed by atoms with E-state index in [-0.39, 0.29) is 10.9 Å². The SMILES string of the molecule is CC(C)(C)NC(=O)c1c(F)ccc(CBr)c1F.O=C(OOC(=O)c1ccccc1)c1ccccc1. The lowest BCUT2D eigenvalue weighted by Crippen LogP contribution is -2.41. The number of amides is 1. The van der Waals surface area contributed by atoms with Crippen molar-refractivity contribution >= 4 is 33.8 Å². The van der Waals surface area contributed by atoms with E-state index >= 15 is 0 Å². The third-order valence-corrected chi connectivity index (χ3v) is 4.85. The van der Waals surface area contributed by atoms with Crippen LogP contribution in [0, 0.1) is 11.6 Å².